The molecule has 0 saturated heterocycles. The normalized spacial score (nSPS) is 14.4. The Kier molecular flexibility index (Phi) is 3.65. The molecule has 0 aliphatic heterocycles. The number of terminal acetylenes is 1. The second-order valence-electron chi connectivity index (χ2n) is 3.42. The van der Waals surface area contributed by atoms with Crippen LogP contribution >= 0.6 is 0 Å². The van der Waals surface area contributed by atoms with Gasteiger partial charge in [0.05, 0.1) is 0 Å². The fourth-order valence-corrected chi connectivity index (χ4v) is 1.38. The van der Waals surface area contributed by atoms with Crippen molar-refractivity contribution >= 4 is 5.97 Å². The number of carbonyl (C=O) groups excluding carboxylic acids is 1. The fourth-order valence-electron chi connectivity index (χ4n) is 1.38. The van der Waals surface area contributed by atoms with Crippen LogP contribution in [0.15, 0.2) is 24.3 Å². The summed E-state index contributed by atoms with van der Waals surface area (Å²) in [5, 5.41) is 0. The molecule has 0 saturated carbocycles. The summed E-state index contributed by atoms with van der Waals surface area (Å²) in [5.74, 6) is -0.481. The molecule has 1 atom stereocenters. The Morgan fingerprint density at radius 3 is 2.11 bits per heavy atom. The standard InChI is InChI=1S/C12H8F4O2/c1-3-11(12(14,15)16,18-8(2)17)9-4-6-10(13)7-5-9/h1,4-7H,2H3/t11-/m1/s1. The van der Waals surface area contributed by atoms with Crippen LogP contribution in [-0.4, -0.2) is 12.1 Å². The summed E-state index contributed by atoms with van der Waals surface area (Å²) in [6.45, 7) is 0.807. The maximum Gasteiger partial charge on any atom is 0.445 e. The molecule has 0 aliphatic rings. The fraction of sp³-hybridized carbons (Fsp3) is 0.250. The minimum atomic E-state index is -5.01. The van der Waals surface area contributed by atoms with Gasteiger partial charge in [0, 0.05) is 12.5 Å². The van der Waals surface area contributed by atoms with Crippen molar-refractivity contribution in [3.63, 3.8) is 0 Å². The predicted molar refractivity (Wildman–Crippen MR) is 54.7 cm³/mol. The molecule has 96 valence electrons. The number of carbonyl (C=O) groups is 1. The topological polar surface area (TPSA) is 26.3 Å². The molecule has 0 amide bonds. The second kappa shape index (κ2) is 4.69. The number of ether oxygens (including phenoxy) is 1. The molecule has 0 spiro atoms. The van der Waals surface area contributed by atoms with Gasteiger partial charge < -0.3 is 4.74 Å². The van der Waals surface area contributed by atoms with Gasteiger partial charge in [0.15, 0.2) is 0 Å². The third-order valence-electron chi connectivity index (χ3n) is 2.15. The van der Waals surface area contributed by atoms with Crippen LogP contribution in [0.1, 0.15) is 12.5 Å². The monoisotopic (exact) mass is 260 g/mol. The molecule has 0 unspecified atom stereocenters. The zero-order valence-electron chi connectivity index (χ0n) is 9.22. The van der Waals surface area contributed by atoms with Gasteiger partial charge in [-0.1, -0.05) is 12.1 Å². The number of hydrogen-bond donors (Lipinski definition) is 0. The SMILES string of the molecule is C#C[C@@](OC(C)=O)(c1ccc(F)cc1)C(F)(F)F. The number of benzene rings is 1. The molecule has 18 heavy (non-hydrogen) atoms. The van der Waals surface area contributed by atoms with Crippen LogP contribution in [0, 0.1) is 18.2 Å². The van der Waals surface area contributed by atoms with Crippen molar-refractivity contribution in [2.75, 3.05) is 0 Å². The Morgan fingerprint density at radius 1 is 1.28 bits per heavy atom. The van der Waals surface area contributed by atoms with E-state index in [-0.39, 0.29) is 0 Å². The van der Waals surface area contributed by atoms with Gasteiger partial charge in [-0.15, -0.1) is 6.42 Å². The second-order valence-corrected chi connectivity index (χ2v) is 3.42. The van der Waals surface area contributed by atoms with Crippen LogP contribution in [0.3, 0.4) is 0 Å². The largest absolute Gasteiger partial charge is 0.445 e. The molecule has 1 aromatic rings. The van der Waals surface area contributed by atoms with Crippen LogP contribution in [0.25, 0.3) is 0 Å². The highest BCUT2D eigenvalue weighted by Crippen LogP contribution is 2.41. The third kappa shape index (κ3) is 2.45. The van der Waals surface area contributed by atoms with Gasteiger partial charge in [-0.3, -0.25) is 4.79 Å². The lowest BCUT2D eigenvalue weighted by Gasteiger charge is -2.30. The highest BCUT2D eigenvalue weighted by molar-refractivity contribution is 5.67. The minimum Gasteiger partial charge on any atom is -0.432 e. The molecule has 0 fully saturated rings. The lowest BCUT2D eigenvalue weighted by atomic mass is 9.93. The molecule has 6 heteroatoms. The van der Waals surface area contributed by atoms with E-state index in [0.717, 1.165) is 31.2 Å². The van der Waals surface area contributed by atoms with E-state index < -0.39 is 29.1 Å². The van der Waals surface area contributed by atoms with E-state index in [2.05, 4.69) is 4.74 Å². The first kappa shape index (κ1) is 14.0. The molecule has 0 aliphatic carbocycles. The number of alkyl halides is 3. The van der Waals surface area contributed by atoms with Crippen LogP contribution in [0.5, 0.6) is 0 Å². The molecule has 0 radical (unpaired) electrons. The van der Waals surface area contributed by atoms with Crippen LogP contribution in [0.4, 0.5) is 17.6 Å². The van der Waals surface area contributed by atoms with E-state index >= 15 is 0 Å². The number of halogens is 4. The van der Waals surface area contributed by atoms with Crippen LogP contribution in [-0.2, 0) is 15.1 Å². The molecule has 0 heterocycles. The zero-order valence-corrected chi connectivity index (χ0v) is 9.22. The van der Waals surface area contributed by atoms with Crippen molar-refractivity contribution in [1.29, 1.82) is 0 Å². The van der Waals surface area contributed by atoms with Gasteiger partial charge in [0.2, 0.25) is 0 Å². The average molecular weight is 260 g/mol. The smallest absolute Gasteiger partial charge is 0.432 e. The van der Waals surface area contributed by atoms with E-state index in [1.807, 2.05) is 0 Å². The van der Waals surface area contributed by atoms with Crippen LogP contribution in [0.2, 0.25) is 0 Å². The van der Waals surface area contributed by atoms with Gasteiger partial charge in [-0.2, -0.15) is 13.2 Å². The number of hydrogen-bond acceptors (Lipinski definition) is 2. The van der Waals surface area contributed by atoms with Crippen molar-refractivity contribution in [1.82, 2.24) is 0 Å². The van der Waals surface area contributed by atoms with Gasteiger partial charge in [0.1, 0.15) is 5.82 Å². The number of esters is 1. The molecule has 1 rings (SSSR count). The van der Waals surface area contributed by atoms with Crippen molar-refractivity contribution in [3.8, 4) is 12.3 Å². The summed E-state index contributed by atoms with van der Waals surface area (Å²) in [7, 11) is 0. The van der Waals surface area contributed by atoms with Gasteiger partial charge >= 0.3 is 12.1 Å². The molecular weight excluding hydrogens is 252 g/mol. The molecule has 0 N–H and O–H groups in total. The lowest BCUT2D eigenvalue weighted by Crippen LogP contribution is -2.44. The Bertz CT molecular complexity index is 484. The lowest BCUT2D eigenvalue weighted by molar-refractivity contribution is -0.252. The summed E-state index contributed by atoms with van der Waals surface area (Å²) < 4.78 is 56.0. The molecule has 2 nitrogen and oxygen atoms in total. The van der Waals surface area contributed by atoms with Crippen molar-refractivity contribution in [3.05, 3.63) is 35.6 Å². The van der Waals surface area contributed by atoms with Crippen LogP contribution < -0.4 is 0 Å². The van der Waals surface area contributed by atoms with Crippen molar-refractivity contribution in [2.24, 2.45) is 0 Å². The van der Waals surface area contributed by atoms with Crippen molar-refractivity contribution < 1.29 is 27.1 Å². The Hall–Kier alpha value is -2.03. The molecule has 0 bridgehead atoms. The third-order valence-corrected chi connectivity index (χ3v) is 2.15. The van der Waals surface area contributed by atoms with E-state index in [4.69, 9.17) is 6.42 Å². The minimum absolute atomic E-state index is 0.533. The maximum absolute atomic E-state index is 13.0. The Morgan fingerprint density at radius 2 is 1.78 bits per heavy atom. The summed E-state index contributed by atoms with van der Waals surface area (Å²) in [5.41, 5.74) is -3.74. The highest BCUT2D eigenvalue weighted by Gasteiger charge is 2.58. The first-order chi connectivity index (χ1) is 8.23. The maximum atomic E-state index is 13.0. The Labute approximate surface area is 101 Å². The number of rotatable bonds is 2. The van der Waals surface area contributed by atoms with Gasteiger partial charge in [-0.25, -0.2) is 4.39 Å². The molecule has 0 aromatic heterocycles. The first-order valence-corrected chi connectivity index (χ1v) is 4.73. The van der Waals surface area contributed by atoms with E-state index in [0.29, 0.717) is 0 Å². The molecule has 1 aromatic carbocycles. The summed E-state index contributed by atoms with van der Waals surface area (Å²) >= 11 is 0. The summed E-state index contributed by atoms with van der Waals surface area (Å²) in [4.78, 5) is 10.8. The summed E-state index contributed by atoms with van der Waals surface area (Å²) in [6, 6.07) is 3.25. The average Bonchev–Trinajstić information content (AvgIpc) is 2.25. The first-order valence-electron chi connectivity index (χ1n) is 4.73. The van der Waals surface area contributed by atoms with Crippen molar-refractivity contribution in [2.45, 2.75) is 18.7 Å². The van der Waals surface area contributed by atoms with Gasteiger partial charge in [0.25, 0.3) is 5.60 Å². The van der Waals surface area contributed by atoms with E-state index in [1.54, 1.807) is 0 Å². The zero-order chi connectivity index (χ0) is 14.0. The quantitative estimate of drug-likeness (QED) is 0.464. The Balaban J connectivity index is 3.41. The predicted octanol–water partition coefficient (Wildman–Crippen LogP) is 2.78. The van der Waals surface area contributed by atoms with E-state index in [1.165, 1.54) is 5.92 Å². The molecular formula is C12H8F4O2. The summed E-state index contributed by atoms with van der Waals surface area (Å²) in [6.07, 6.45) is -0.137. The van der Waals surface area contributed by atoms with Gasteiger partial charge in [-0.05, 0) is 18.1 Å². The highest BCUT2D eigenvalue weighted by atomic mass is 19.4. The van der Waals surface area contributed by atoms with E-state index in [9.17, 15) is 22.4 Å².